The largest absolute Gasteiger partial charge is 0.357 e. The van der Waals surface area contributed by atoms with Crippen LogP contribution >= 0.6 is 0 Å². The molecule has 8 nitrogen and oxygen atoms in total. The second kappa shape index (κ2) is 6.31. The van der Waals surface area contributed by atoms with Gasteiger partial charge in [0.2, 0.25) is 5.82 Å². The van der Waals surface area contributed by atoms with E-state index in [4.69, 9.17) is 4.52 Å². The lowest BCUT2D eigenvalue weighted by molar-refractivity contribution is 0.431. The zero-order valence-electron chi connectivity index (χ0n) is 13.5. The summed E-state index contributed by atoms with van der Waals surface area (Å²) in [5, 5.41) is 7.06. The van der Waals surface area contributed by atoms with Gasteiger partial charge in [0.1, 0.15) is 5.82 Å². The van der Waals surface area contributed by atoms with E-state index in [1.165, 1.54) is 12.8 Å². The molecular formula is C16H19N7O. The zero-order chi connectivity index (χ0) is 16.4. The summed E-state index contributed by atoms with van der Waals surface area (Å²) in [6, 6.07) is 4.51. The first kappa shape index (κ1) is 14.7. The summed E-state index contributed by atoms with van der Waals surface area (Å²) >= 11 is 0. The van der Waals surface area contributed by atoms with E-state index in [1.807, 2.05) is 24.0 Å². The molecule has 0 aromatic carbocycles. The van der Waals surface area contributed by atoms with Crippen molar-refractivity contribution in [1.82, 2.24) is 24.7 Å². The number of hydrogen-bond donors (Lipinski definition) is 1. The Hall–Kier alpha value is -2.90. The molecule has 124 valence electrons. The molecule has 0 atom stereocenters. The van der Waals surface area contributed by atoms with Crippen LogP contribution < -0.4 is 10.2 Å². The third-order valence-corrected chi connectivity index (χ3v) is 4.13. The number of aromatic nitrogens is 5. The Kier molecular flexibility index (Phi) is 3.86. The molecule has 0 spiro atoms. The Morgan fingerprint density at radius 2 is 2.08 bits per heavy atom. The van der Waals surface area contributed by atoms with Crippen molar-refractivity contribution in [1.29, 1.82) is 0 Å². The van der Waals surface area contributed by atoms with Crippen LogP contribution in [0.15, 0.2) is 35.2 Å². The first-order valence-electron chi connectivity index (χ1n) is 8.05. The average molecular weight is 325 g/mol. The number of nitrogens with zero attached hydrogens (tertiary/aromatic N) is 6. The van der Waals surface area contributed by atoms with Crippen LogP contribution in [-0.2, 0) is 13.6 Å². The number of rotatable bonds is 5. The number of nitrogens with one attached hydrogen (secondary N) is 1. The fraction of sp³-hybridized carbons (Fsp3) is 0.375. The minimum atomic E-state index is 0.372. The summed E-state index contributed by atoms with van der Waals surface area (Å²) in [6.45, 7) is 2.78. The van der Waals surface area contributed by atoms with Crippen molar-refractivity contribution >= 4 is 11.8 Å². The van der Waals surface area contributed by atoms with Gasteiger partial charge in [0.15, 0.2) is 5.82 Å². The molecule has 0 aliphatic carbocycles. The average Bonchev–Trinajstić information content (AvgIpc) is 3.35. The van der Waals surface area contributed by atoms with Crippen molar-refractivity contribution in [2.24, 2.45) is 7.05 Å². The molecule has 1 saturated heterocycles. The molecule has 4 rings (SSSR count). The Labute approximate surface area is 139 Å². The Morgan fingerprint density at radius 3 is 2.79 bits per heavy atom. The highest BCUT2D eigenvalue weighted by molar-refractivity contribution is 5.45. The van der Waals surface area contributed by atoms with Gasteiger partial charge in [-0.1, -0.05) is 11.2 Å². The van der Waals surface area contributed by atoms with Crippen LogP contribution in [0.5, 0.6) is 0 Å². The van der Waals surface area contributed by atoms with Crippen LogP contribution in [0.25, 0.3) is 11.6 Å². The molecule has 8 heteroatoms. The molecule has 4 heterocycles. The Morgan fingerprint density at radius 1 is 1.21 bits per heavy atom. The maximum atomic E-state index is 5.22. The molecule has 24 heavy (non-hydrogen) atoms. The molecule has 0 unspecified atom stereocenters. The van der Waals surface area contributed by atoms with Gasteiger partial charge in [0.05, 0.1) is 0 Å². The molecule has 1 N–H and O–H groups in total. The summed E-state index contributed by atoms with van der Waals surface area (Å²) in [5.41, 5.74) is 1.06. The van der Waals surface area contributed by atoms with Crippen molar-refractivity contribution in [2.45, 2.75) is 19.4 Å². The number of imidazole rings is 1. The summed E-state index contributed by atoms with van der Waals surface area (Å²) in [5.74, 6) is 2.18. The smallest absolute Gasteiger partial charge is 0.322 e. The van der Waals surface area contributed by atoms with Crippen molar-refractivity contribution in [3.8, 4) is 11.6 Å². The van der Waals surface area contributed by atoms with Gasteiger partial charge in [-0.3, -0.25) is 0 Å². The fourth-order valence-corrected chi connectivity index (χ4v) is 2.80. The topological polar surface area (TPSA) is 84.9 Å². The summed E-state index contributed by atoms with van der Waals surface area (Å²) < 4.78 is 7.06. The van der Waals surface area contributed by atoms with Gasteiger partial charge in [0.25, 0.3) is 0 Å². The predicted molar refractivity (Wildman–Crippen MR) is 89.5 cm³/mol. The lowest BCUT2D eigenvalue weighted by Crippen LogP contribution is -2.18. The third-order valence-electron chi connectivity index (χ3n) is 4.13. The molecule has 1 aliphatic rings. The van der Waals surface area contributed by atoms with E-state index in [-0.39, 0.29) is 0 Å². The summed E-state index contributed by atoms with van der Waals surface area (Å²) in [6.07, 6.45) is 7.93. The van der Waals surface area contributed by atoms with Crippen molar-refractivity contribution < 1.29 is 4.52 Å². The van der Waals surface area contributed by atoms with Gasteiger partial charge in [-0.15, -0.1) is 0 Å². The highest BCUT2D eigenvalue weighted by atomic mass is 16.5. The van der Waals surface area contributed by atoms with Crippen LogP contribution in [-0.4, -0.2) is 37.8 Å². The number of aryl methyl sites for hydroxylation is 1. The normalized spacial score (nSPS) is 14.3. The summed E-state index contributed by atoms with van der Waals surface area (Å²) in [7, 11) is 1.89. The van der Waals surface area contributed by atoms with Crippen LogP contribution in [0, 0.1) is 0 Å². The molecule has 1 fully saturated rings. The minimum Gasteiger partial charge on any atom is -0.357 e. The van der Waals surface area contributed by atoms with E-state index in [1.54, 1.807) is 6.20 Å². The molecular weight excluding hydrogens is 306 g/mol. The van der Waals surface area contributed by atoms with Crippen LogP contribution in [0.1, 0.15) is 18.4 Å². The van der Waals surface area contributed by atoms with Gasteiger partial charge in [-0.05, 0) is 24.5 Å². The molecule has 1 aliphatic heterocycles. The fourth-order valence-electron chi connectivity index (χ4n) is 2.80. The molecule has 0 radical (unpaired) electrons. The van der Waals surface area contributed by atoms with Gasteiger partial charge < -0.3 is 19.3 Å². The summed E-state index contributed by atoms with van der Waals surface area (Å²) in [4.78, 5) is 15.4. The maximum absolute atomic E-state index is 5.22. The van der Waals surface area contributed by atoms with E-state index in [0.717, 1.165) is 24.5 Å². The SMILES string of the molecule is Cn1ccnc1-c1noc(NCc2ccc(N3CCCC3)nc2)n1. The van der Waals surface area contributed by atoms with Crippen molar-refractivity contribution in [2.75, 3.05) is 23.3 Å². The second-order valence-electron chi connectivity index (χ2n) is 5.86. The third kappa shape index (κ3) is 2.94. The zero-order valence-corrected chi connectivity index (χ0v) is 13.5. The molecule has 3 aromatic rings. The first-order chi connectivity index (χ1) is 11.8. The Bertz CT molecular complexity index is 802. The second-order valence-corrected chi connectivity index (χ2v) is 5.86. The van der Waals surface area contributed by atoms with E-state index < -0.39 is 0 Å². The number of hydrogen-bond acceptors (Lipinski definition) is 7. The van der Waals surface area contributed by atoms with Gasteiger partial charge in [-0.25, -0.2) is 9.97 Å². The van der Waals surface area contributed by atoms with Gasteiger partial charge in [-0.2, -0.15) is 4.98 Å². The molecule has 0 amide bonds. The van der Waals surface area contributed by atoms with Crippen LogP contribution in [0.2, 0.25) is 0 Å². The number of anilines is 2. The lowest BCUT2D eigenvalue weighted by atomic mass is 10.3. The quantitative estimate of drug-likeness (QED) is 0.768. The van der Waals surface area contributed by atoms with Crippen molar-refractivity contribution in [3.63, 3.8) is 0 Å². The predicted octanol–water partition coefficient (Wildman–Crippen LogP) is 2.08. The van der Waals surface area contributed by atoms with Gasteiger partial charge in [0, 0.05) is 45.3 Å². The van der Waals surface area contributed by atoms with Gasteiger partial charge >= 0.3 is 6.01 Å². The molecule has 3 aromatic heterocycles. The maximum Gasteiger partial charge on any atom is 0.322 e. The highest BCUT2D eigenvalue weighted by Gasteiger charge is 2.14. The van der Waals surface area contributed by atoms with E-state index in [2.05, 4.69) is 42.5 Å². The standard InChI is InChI=1S/C16H19N7O/c1-22-9-6-17-15(22)14-20-16(24-21-14)19-11-12-4-5-13(18-10-12)23-7-2-3-8-23/h4-6,9-10H,2-3,7-8,11H2,1H3,(H,19,20,21). The minimum absolute atomic E-state index is 0.372. The first-order valence-corrected chi connectivity index (χ1v) is 8.05. The molecule has 0 bridgehead atoms. The van der Waals surface area contributed by atoms with Crippen molar-refractivity contribution in [3.05, 3.63) is 36.3 Å². The van der Waals surface area contributed by atoms with Crippen LogP contribution in [0.3, 0.4) is 0 Å². The monoisotopic (exact) mass is 325 g/mol. The Balaban J connectivity index is 1.38. The molecule has 0 saturated carbocycles. The number of pyridine rings is 1. The van der Waals surface area contributed by atoms with E-state index in [0.29, 0.717) is 24.2 Å². The highest BCUT2D eigenvalue weighted by Crippen LogP contribution is 2.18. The lowest BCUT2D eigenvalue weighted by Gasteiger charge is -2.16. The van der Waals surface area contributed by atoms with E-state index in [9.17, 15) is 0 Å². The van der Waals surface area contributed by atoms with E-state index >= 15 is 0 Å². The van der Waals surface area contributed by atoms with Crippen LogP contribution in [0.4, 0.5) is 11.8 Å².